The number of rotatable bonds is 0. The number of hydrogen-bond donors (Lipinski definition) is 2. The van der Waals surface area contributed by atoms with Crippen LogP contribution in [-0.4, -0.2) is 28.9 Å². The van der Waals surface area contributed by atoms with Gasteiger partial charge in [-0.05, 0) is 19.1 Å². The normalized spacial score (nSPS) is 6.55. The molecule has 3 heteroatoms. The van der Waals surface area contributed by atoms with Crippen molar-refractivity contribution in [1.82, 2.24) is 4.98 Å². The van der Waals surface area contributed by atoms with Gasteiger partial charge in [0.05, 0.1) is 0 Å². The Balaban J connectivity index is 0. The Hall–Kier alpha value is -0.930. The van der Waals surface area contributed by atoms with Gasteiger partial charge in [-0.2, -0.15) is 0 Å². The van der Waals surface area contributed by atoms with Crippen LogP contribution < -0.4 is 0 Å². The molecule has 0 bridgehead atoms. The van der Waals surface area contributed by atoms with E-state index in [9.17, 15) is 0 Å². The van der Waals surface area contributed by atoms with Gasteiger partial charge in [-0.3, -0.25) is 4.98 Å². The molecule has 1 heterocycles. The van der Waals surface area contributed by atoms with E-state index < -0.39 is 0 Å². The van der Waals surface area contributed by atoms with Gasteiger partial charge in [0.1, 0.15) is 0 Å². The van der Waals surface area contributed by atoms with E-state index >= 15 is 0 Å². The van der Waals surface area contributed by atoms with Gasteiger partial charge in [-0.15, -0.1) is 0 Å². The highest BCUT2D eigenvalue weighted by atomic mass is 16.2. The third kappa shape index (κ3) is 17.6. The van der Waals surface area contributed by atoms with Gasteiger partial charge in [-0.1, -0.05) is 6.07 Å². The van der Waals surface area contributed by atoms with Gasteiger partial charge in [0.15, 0.2) is 0 Å². The molecule has 11 heavy (non-hydrogen) atoms. The van der Waals surface area contributed by atoms with Crippen molar-refractivity contribution < 1.29 is 10.2 Å². The first kappa shape index (κ1) is 12.7. The molecule has 0 saturated heterocycles. The van der Waals surface area contributed by atoms with Crippen molar-refractivity contribution in [1.29, 1.82) is 0 Å². The van der Waals surface area contributed by atoms with Crippen LogP contribution in [0.2, 0.25) is 0 Å². The van der Waals surface area contributed by atoms with Gasteiger partial charge < -0.3 is 10.2 Å². The molecule has 0 atom stereocenters. The molecule has 1 rings (SSSR count). The van der Waals surface area contributed by atoms with E-state index in [-0.39, 0.29) is 6.61 Å². The summed E-state index contributed by atoms with van der Waals surface area (Å²) in [6.45, 7) is 1.93. The molecule has 0 saturated carbocycles. The number of pyridine rings is 1. The third-order valence-corrected chi connectivity index (χ3v) is 0.566. The Morgan fingerprint density at radius 3 is 1.55 bits per heavy atom. The lowest BCUT2D eigenvalue weighted by atomic mass is 10.5. The molecule has 0 aliphatic carbocycles. The van der Waals surface area contributed by atoms with Crippen LogP contribution in [0.5, 0.6) is 0 Å². The Labute approximate surface area is 67.3 Å². The SMILES string of the molecule is CCO.CO.c1ccncc1. The van der Waals surface area contributed by atoms with E-state index in [2.05, 4.69) is 4.98 Å². The molecular weight excluding hydrogens is 142 g/mol. The average molecular weight is 157 g/mol. The highest BCUT2D eigenvalue weighted by molar-refractivity contribution is 4.88. The molecule has 0 unspecified atom stereocenters. The van der Waals surface area contributed by atoms with Gasteiger partial charge in [0.2, 0.25) is 0 Å². The summed E-state index contributed by atoms with van der Waals surface area (Å²) in [5, 5.41) is 14.6. The second-order valence-electron chi connectivity index (χ2n) is 1.34. The summed E-state index contributed by atoms with van der Waals surface area (Å²) >= 11 is 0. The van der Waals surface area contributed by atoms with Gasteiger partial charge in [0, 0.05) is 26.1 Å². The summed E-state index contributed by atoms with van der Waals surface area (Å²) in [6, 6.07) is 5.72. The predicted molar refractivity (Wildman–Crippen MR) is 45.1 cm³/mol. The van der Waals surface area contributed by atoms with Gasteiger partial charge >= 0.3 is 0 Å². The van der Waals surface area contributed by atoms with Crippen molar-refractivity contribution in [2.45, 2.75) is 6.92 Å². The fraction of sp³-hybridized carbons (Fsp3) is 0.375. The van der Waals surface area contributed by atoms with Crippen LogP contribution in [0.4, 0.5) is 0 Å². The lowest BCUT2D eigenvalue weighted by Gasteiger charge is -1.70. The summed E-state index contributed by atoms with van der Waals surface area (Å²) in [6.07, 6.45) is 3.50. The summed E-state index contributed by atoms with van der Waals surface area (Å²) < 4.78 is 0. The Morgan fingerprint density at radius 1 is 1.09 bits per heavy atom. The molecule has 0 radical (unpaired) electrons. The second-order valence-corrected chi connectivity index (χ2v) is 1.34. The van der Waals surface area contributed by atoms with Crippen molar-refractivity contribution >= 4 is 0 Å². The van der Waals surface area contributed by atoms with Crippen molar-refractivity contribution in [3.05, 3.63) is 30.6 Å². The van der Waals surface area contributed by atoms with Crippen LogP contribution in [0.1, 0.15) is 6.92 Å². The zero-order valence-corrected chi connectivity index (χ0v) is 6.94. The quantitative estimate of drug-likeness (QED) is 0.582. The average Bonchev–Trinajstić information content (AvgIpc) is 2.12. The smallest absolute Gasteiger partial charge is 0.0402 e. The number of nitrogens with zero attached hydrogens (tertiary/aromatic N) is 1. The summed E-state index contributed by atoms with van der Waals surface area (Å²) in [5.41, 5.74) is 0. The fourth-order valence-corrected chi connectivity index (χ4v) is 0.313. The molecule has 0 spiro atoms. The lowest BCUT2D eigenvalue weighted by molar-refractivity contribution is 0.318. The summed E-state index contributed by atoms with van der Waals surface area (Å²) in [7, 11) is 1.00. The maximum absolute atomic E-state index is 7.57. The molecule has 0 amide bonds. The summed E-state index contributed by atoms with van der Waals surface area (Å²) in [4.78, 5) is 3.78. The van der Waals surface area contributed by atoms with Gasteiger partial charge in [-0.25, -0.2) is 0 Å². The highest BCUT2D eigenvalue weighted by Gasteiger charge is 1.58. The van der Waals surface area contributed by atoms with E-state index in [4.69, 9.17) is 10.2 Å². The maximum Gasteiger partial charge on any atom is 0.0402 e. The number of aliphatic hydroxyl groups excluding tert-OH is 2. The first-order chi connectivity index (χ1) is 5.41. The number of hydrogen-bond acceptors (Lipinski definition) is 3. The van der Waals surface area contributed by atoms with Crippen LogP contribution >= 0.6 is 0 Å². The predicted octanol–water partition coefficient (Wildman–Crippen LogP) is 0.689. The molecule has 0 aliphatic heterocycles. The van der Waals surface area contributed by atoms with Crippen LogP contribution in [0.25, 0.3) is 0 Å². The van der Waals surface area contributed by atoms with Crippen LogP contribution in [-0.2, 0) is 0 Å². The minimum absolute atomic E-state index is 0.250. The van der Waals surface area contributed by atoms with Crippen molar-refractivity contribution in [3.8, 4) is 0 Å². The second kappa shape index (κ2) is 16.0. The van der Waals surface area contributed by atoms with Crippen molar-refractivity contribution in [3.63, 3.8) is 0 Å². The molecule has 0 fully saturated rings. The maximum atomic E-state index is 7.57. The molecule has 1 aromatic rings. The largest absolute Gasteiger partial charge is 0.400 e. The molecule has 0 aromatic carbocycles. The first-order valence-corrected chi connectivity index (χ1v) is 3.32. The Bertz CT molecular complexity index is 94.9. The van der Waals surface area contributed by atoms with Crippen molar-refractivity contribution in [2.24, 2.45) is 0 Å². The molecular formula is C8H15NO2. The third-order valence-electron chi connectivity index (χ3n) is 0.566. The van der Waals surface area contributed by atoms with Crippen LogP contribution in [0.15, 0.2) is 30.6 Å². The standard InChI is InChI=1S/C5H5N.C2H6O.CH4O/c1-2-4-6-5-3-1;1-2-3;1-2/h1-5H;3H,2H2,1H3;2H,1H3. The Morgan fingerprint density at radius 2 is 1.45 bits per heavy atom. The van der Waals surface area contributed by atoms with Gasteiger partial charge in [0.25, 0.3) is 0 Å². The fourth-order valence-electron chi connectivity index (χ4n) is 0.313. The number of aliphatic hydroxyl groups is 2. The summed E-state index contributed by atoms with van der Waals surface area (Å²) in [5.74, 6) is 0. The molecule has 0 aliphatic rings. The van der Waals surface area contributed by atoms with Crippen molar-refractivity contribution in [2.75, 3.05) is 13.7 Å². The minimum atomic E-state index is 0.250. The molecule has 3 nitrogen and oxygen atoms in total. The van der Waals surface area contributed by atoms with E-state index in [1.54, 1.807) is 19.3 Å². The molecule has 64 valence electrons. The highest BCUT2D eigenvalue weighted by Crippen LogP contribution is 1.73. The zero-order valence-electron chi connectivity index (χ0n) is 6.94. The molecule has 1 aromatic heterocycles. The number of aromatic nitrogens is 1. The molecule has 2 N–H and O–H groups in total. The topological polar surface area (TPSA) is 53.4 Å². The van der Waals surface area contributed by atoms with E-state index in [0.29, 0.717) is 0 Å². The van der Waals surface area contributed by atoms with Crippen LogP contribution in [0.3, 0.4) is 0 Å². The van der Waals surface area contributed by atoms with E-state index in [1.807, 2.05) is 18.2 Å². The minimum Gasteiger partial charge on any atom is -0.400 e. The monoisotopic (exact) mass is 157 g/mol. The van der Waals surface area contributed by atoms with E-state index in [0.717, 1.165) is 7.11 Å². The first-order valence-electron chi connectivity index (χ1n) is 3.32. The zero-order chi connectivity index (χ0) is 8.95. The van der Waals surface area contributed by atoms with Crippen LogP contribution in [0, 0.1) is 0 Å². The Kier molecular flexibility index (Phi) is 18.5. The lowest BCUT2D eigenvalue weighted by Crippen LogP contribution is -1.58. The van der Waals surface area contributed by atoms with E-state index in [1.165, 1.54) is 0 Å².